The molecule has 0 amide bonds. The van der Waals surface area contributed by atoms with E-state index in [4.69, 9.17) is 0 Å². The molecular formula is C10H12NO2P. The van der Waals surface area contributed by atoms with Crippen LogP contribution in [0.2, 0.25) is 0 Å². The van der Waals surface area contributed by atoms with Gasteiger partial charge in [0, 0.05) is 0 Å². The number of benzene rings is 1. The van der Waals surface area contributed by atoms with Gasteiger partial charge in [-0.1, -0.05) is 0 Å². The predicted molar refractivity (Wildman–Crippen MR) is 55.2 cm³/mol. The van der Waals surface area contributed by atoms with Crippen LogP contribution in [0, 0.1) is 5.75 Å². The van der Waals surface area contributed by atoms with Crippen molar-refractivity contribution in [2.75, 3.05) is 0 Å². The number of rotatable bonds is 3. The van der Waals surface area contributed by atoms with Gasteiger partial charge in [-0.15, -0.1) is 0 Å². The van der Waals surface area contributed by atoms with Gasteiger partial charge < -0.3 is 0 Å². The molecule has 14 heavy (non-hydrogen) atoms. The third-order valence-corrected chi connectivity index (χ3v) is 2.15. The summed E-state index contributed by atoms with van der Waals surface area (Å²) in [6.07, 6.45) is -0.684. The molecule has 0 aliphatic carbocycles. The van der Waals surface area contributed by atoms with Gasteiger partial charge in [0.2, 0.25) is 0 Å². The topological polar surface area (TPSA) is 40.5 Å². The van der Waals surface area contributed by atoms with Crippen molar-refractivity contribution in [3.63, 3.8) is 0 Å². The van der Waals surface area contributed by atoms with Crippen LogP contribution in [0.4, 0.5) is 0 Å². The first-order valence-electron chi connectivity index (χ1n) is 4.30. The maximum absolute atomic E-state index is 10.3. The van der Waals surface area contributed by atoms with Crippen molar-refractivity contribution in [1.29, 1.82) is 0 Å². The van der Waals surface area contributed by atoms with Gasteiger partial charge in [-0.25, -0.2) is 0 Å². The molecule has 74 valence electrons. The molecule has 1 unspecified atom stereocenters. The molecule has 0 spiro atoms. The first kappa shape index (κ1) is 11.2. The summed E-state index contributed by atoms with van der Waals surface area (Å²) in [5.41, 5.74) is 1.05. The van der Waals surface area contributed by atoms with Gasteiger partial charge in [0.25, 0.3) is 0 Å². The molecule has 0 fully saturated rings. The van der Waals surface area contributed by atoms with Crippen molar-refractivity contribution in [2.45, 2.75) is 19.7 Å². The van der Waals surface area contributed by atoms with E-state index in [1.54, 1.807) is 6.92 Å². The SMILES string of the molecule is CC(O)N(C#P=O)Cc1ccccc1. The summed E-state index contributed by atoms with van der Waals surface area (Å²) >= 11 is 0. The Hall–Kier alpha value is -0.850. The zero-order valence-corrected chi connectivity index (χ0v) is 8.82. The standard InChI is InChI=1S/C10H12NO2P/c1-9(12)11(8-14-13)7-10-5-3-2-4-6-10/h2-6,9,12H,7H2,1H3. The second kappa shape index (κ2) is 5.79. The van der Waals surface area contributed by atoms with Crippen LogP contribution in [0.5, 0.6) is 0 Å². The van der Waals surface area contributed by atoms with Crippen LogP contribution in [0.1, 0.15) is 12.5 Å². The molecule has 3 nitrogen and oxygen atoms in total. The minimum absolute atomic E-state index is 0.214. The summed E-state index contributed by atoms with van der Waals surface area (Å²) < 4.78 is 10.3. The van der Waals surface area contributed by atoms with Crippen LogP contribution in [-0.4, -0.2) is 16.2 Å². The van der Waals surface area contributed by atoms with Crippen molar-refractivity contribution < 1.29 is 9.67 Å². The summed E-state index contributed by atoms with van der Waals surface area (Å²) in [6, 6.07) is 9.65. The normalized spacial score (nSPS) is 12.2. The summed E-state index contributed by atoms with van der Waals surface area (Å²) in [6.45, 7) is 2.12. The molecule has 1 aromatic rings. The Labute approximate surface area is 84.5 Å². The molecule has 0 aliphatic rings. The van der Waals surface area contributed by atoms with Crippen molar-refractivity contribution >= 4 is 7.92 Å². The van der Waals surface area contributed by atoms with E-state index in [2.05, 4.69) is 5.75 Å². The monoisotopic (exact) mass is 209 g/mol. The van der Waals surface area contributed by atoms with Crippen LogP contribution in [-0.2, 0) is 11.1 Å². The predicted octanol–water partition coefficient (Wildman–Crippen LogP) is 2.04. The van der Waals surface area contributed by atoms with Gasteiger partial charge in [0.05, 0.1) is 0 Å². The molecule has 0 heterocycles. The van der Waals surface area contributed by atoms with Gasteiger partial charge >= 0.3 is 83.8 Å². The Bertz CT molecular complexity index is 371. The Kier molecular flexibility index (Phi) is 4.64. The van der Waals surface area contributed by atoms with Crippen molar-refractivity contribution in [2.24, 2.45) is 0 Å². The van der Waals surface area contributed by atoms with Crippen LogP contribution >= 0.6 is 7.92 Å². The fraction of sp³-hybridized carbons (Fsp3) is 0.300. The third-order valence-electron chi connectivity index (χ3n) is 1.82. The Morgan fingerprint density at radius 3 is 2.64 bits per heavy atom. The molecule has 0 radical (unpaired) electrons. The van der Waals surface area contributed by atoms with Crippen molar-refractivity contribution in [3.8, 4) is 5.75 Å². The maximum atomic E-state index is 10.3. The summed E-state index contributed by atoms with van der Waals surface area (Å²) in [4.78, 5) is 1.49. The summed E-state index contributed by atoms with van der Waals surface area (Å²) in [5.74, 6) is 2.53. The Morgan fingerprint density at radius 1 is 1.50 bits per heavy atom. The number of nitrogens with zero attached hydrogens (tertiary/aromatic N) is 1. The quantitative estimate of drug-likeness (QED) is 0.470. The average molecular weight is 209 g/mol. The molecular weight excluding hydrogens is 197 g/mol. The molecule has 1 atom stereocenters. The van der Waals surface area contributed by atoms with Gasteiger partial charge in [0.15, 0.2) is 0 Å². The van der Waals surface area contributed by atoms with E-state index in [1.807, 2.05) is 30.3 Å². The van der Waals surface area contributed by atoms with E-state index in [9.17, 15) is 9.67 Å². The number of aliphatic hydroxyl groups is 1. The first-order valence-corrected chi connectivity index (χ1v) is 5.12. The van der Waals surface area contributed by atoms with Gasteiger partial charge in [-0.05, 0) is 0 Å². The van der Waals surface area contributed by atoms with Gasteiger partial charge in [-0.2, -0.15) is 0 Å². The zero-order chi connectivity index (χ0) is 10.4. The number of hydrogen-bond donors (Lipinski definition) is 1. The molecule has 1 aromatic carbocycles. The molecule has 0 aromatic heterocycles. The second-order valence-electron chi connectivity index (χ2n) is 2.94. The Morgan fingerprint density at radius 2 is 2.14 bits per heavy atom. The third kappa shape index (κ3) is 3.49. The van der Waals surface area contributed by atoms with E-state index >= 15 is 0 Å². The molecule has 0 aliphatic heterocycles. The van der Waals surface area contributed by atoms with Crippen molar-refractivity contribution in [1.82, 2.24) is 4.90 Å². The number of hydrogen-bond acceptors (Lipinski definition) is 3. The van der Waals surface area contributed by atoms with E-state index in [0.29, 0.717) is 6.54 Å². The second-order valence-corrected chi connectivity index (χ2v) is 3.32. The summed E-state index contributed by atoms with van der Waals surface area (Å²) in [7, 11) is -0.214. The fourth-order valence-corrected chi connectivity index (χ4v) is 1.43. The molecule has 0 saturated heterocycles. The fourth-order valence-electron chi connectivity index (χ4n) is 1.08. The molecule has 0 saturated carbocycles. The van der Waals surface area contributed by atoms with Gasteiger partial charge in [0.1, 0.15) is 0 Å². The molecule has 0 bridgehead atoms. The van der Waals surface area contributed by atoms with E-state index in [-0.39, 0.29) is 7.92 Å². The van der Waals surface area contributed by atoms with Crippen LogP contribution in [0.15, 0.2) is 30.3 Å². The average Bonchev–Trinajstić information content (AvgIpc) is 2.18. The van der Waals surface area contributed by atoms with Crippen molar-refractivity contribution in [3.05, 3.63) is 35.9 Å². The molecule has 1 N–H and O–H groups in total. The minimum atomic E-state index is -0.684. The van der Waals surface area contributed by atoms with Crippen LogP contribution in [0.25, 0.3) is 0 Å². The molecule has 1 rings (SSSR count). The first-order chi connectivity index (χ1) is 6.74. The zero-order valence-electron chi connectivity index (χ0n) is 7.92. The number of aliphatic hydroxyl groups excluding tert-OH is 1. The van der Waals surface area contributed by atoms with E-state index in [0.717, 1.165) is 5.56 Å². The van der Waals surface area contributed by atoms with Crippen LogP contribution < -0.4 is 0 Å². The van der Waals surface area contributed by atoms with Gasteiger partial charge in [-0.3, -0.25) is 0 Å². The summed E-state index contributed by atoms with van der Waals surface area (Å²) in [5, 5.41) is 9.32. The van der Waals surface area contributed by atoms with Crippen LogP contribution in [0.3, 0.4) is 0 Å². The Balaban J connectivity index is 2.73. The van der Waals surface area contributed by atoms with E-state index in [1.165, 1.54) is 4.90 Å². The van der Waals surface area contributed by atoms with E-state index < -0.39 is 6.23 Å². The molecule has 4 heteroatoms.